The van der Waals surface area contributed by atoms with Crippen LogP contribution >= 0.6 is 0 Å². The summed E-state index contributed by atoms with van der Waals surface area (Å²) in [6, 6.07) is 11.5. The number of para-hydroxylation sites is 1. The van der Waals surface area contributed by atoms with Crippen molar-refractivity contribution < 1.29 is 19.1 Å². The summed E-state index contributed by atoms with van der Waals surface area (Å²) in [6.45, 7) is 3.47. The fraction of sp³-hybridized carbons (Fsp3) is 0.273. The topological polar surface area (TPSA) is 87.5 Å². The number of nitrogens with zero attached hydrogens (tertiary/aromatic N) is 2. The van der Waals surface area contributed by atoms with Crippen molar-refractivity contribution in [2.45, 2.75) is 39.0 Å². The van der Waals surface area contributed by atoms with Crippen molar-refractivity contribution >= 4 is 22.8 Å². The van der Waals surface area contributed by atoms with Crippen molar-refractivity contribution in [3.63, 3.8) is 0 Å². The molecule has 0 radical (unpaired) electrons. The zero-order chi connectivity index (χ0) is 20.3. The molecule has 2 aliphatic rings. The minimum Gasteiger partial charge on any atom is -0.454 e. The molecule has 2 unspecified atom stereocenters. The first-order chi connectivity index (χ1) is 14.0. The number of fused-ring (bicyclic) bond motifs is 5. The third-order valence-corrected chi connectivity index (χ3v) is 5.48. The van der Waals surface area contributed by atoms with Crippen molar-refractivity contribution in [3.05, 3.63) is 63.4 Å². The monoisotopic (exact) mass is 390 g/mol. The maximum absolute atomic E-state index is 13.4. The van der Waals surface area contributed by atoms with Crippen molar-refractivity contribution in [2.24, 2.45) is 0 Å². The molecule has 0 spiro atoms. The van der Waals surface area contributed by atoms with E-state index >= 15 is 0 Å². The van der Waals surface area contributed by atoms with Gasteiger partial charge < -0.3 is 14.0 Å². The largest absolute Gasteiger partial charge is 0.454 e. The van der Waals surface area contributed by atoms with Crippen LogP contribution in [0, 0.1) is 0 Å². The summed E-state index contributed by atoms with van der Waals surface area (Å²) < 4.78 is 12.3. The third-order valence-electron chi connectivity index (χ3n) is 5.48. The molecule has 2 aromatic heterocycles. The predicted molar refractivity (Wildman–Crippen MR) is 104 cm³/mol. The Morgan fingerprint density at radius 3 is 2.83 bits per heavy atom. The van der Waals surface area contributed by atoms with Crippen LogP contribution in [0.3, 0.4) is 0 Å². The van der Waals surface area contributed by atoms with Crippen molar-refractivity contribution in [1.82, 2.24) is 9.55 Å². The van der Waals surface area contributed by atoms with Crippen LogP contribution in [0.25, 0.3) is 22.3 Å². The lowest BCUT2D eigenvalue weighted by molar-refractivity contribution is -0.174. The summed E-state index contributed by atoms with van der Waals surface area (Å²) in [5, 5.41) is 1.000. The molecule has 0 aliphatic carbocycles. The maximum Gasteiger partial charge on any atom is 0.352 e. The molecule has 0 N–H and O–H groups in total. The van der Waals surface area contributed by atoms with Crippen LogP contribution in [0.15, 0.2) is 41.2 Å². The fourth-order valence-corrected chi connectivity index (χ4v) is 4.20. The van der Waals surface area contributed by atoms with Crippen LogP contribution in [0.1, 0.15) is 49.2 Å². The van der Waals surface area contributed by atoms with Crippen LogP contribution in [-0.2, 0) is 25.6 Å². The fourth-order valence-electron chi connectivity index (χ4n) is 4.20. The number of carbonyl (C=O) groups excluding carboxylic acids is 2. The first-order valence-corrected chi connectivity index (χ1v) is 9.52. The van der Waals surface area contributed by atoms with E-state index in [2.05, 4.69) is 0 Å². The minimum atomic E-state index is -1.24. The van der Waals surface area contributed by atoms with Gasteiger partial charge in [0.1, 0.15) is 6.10 Å². The molecule has 146 valence electrons. The Bertz CT molecular complexity index is 1260. The van der Waals surface area contributed by atoms with Gasteiger partial charge in [-0.05, 0) is 24.6 Å². The molecule has 0 saturated carbocycles. The molecule has 29 heavy (non-hydrogen) atoms. The summed E-state index contributed by atoms with van der Waals surface area (Å²) in [4.78, 5) is 42.2. The molecule has 3 aromatic rings. The van der Waals surface area contributed by atoms with E-state index < -0.39 is 24.1 Å². The van der Waals surface area contributed by atoms with Gasteiger partial charge in [0.15, 0.2) is 0 Å². The molecule has 0 saturated heterocycles. The van der Waals surface area contributed by atoms with E-state index in [1.54, 1.807) is 10.6 Å². The van der Waals surface area contributed by atoms with Gasteiger partial charge in [-0.15, -0.1) is 0 Å². The van der Waals surface area contributed by atoms with Gasteiger partial charge in [0.2, 0.25) is 6.10 Å². The van der Waals surface area contributed by atoms with E-state index in [9.17, 15) is 14.4 Å². The summed E-state index contributed by atoms with van der Waals surface area (Å²) >= 11 is 0. The summed E-state index contributed by atoms with van der Waals surface area (Å²) in [5.41, 5.74) is 3.62. The third kappa shape index (κ3) is 2.57. The molecule has 1 aromatic carbocycles. The quantitative estimate of drug-likeness (QED) is 0.489. The normalized spacial score (nSPS) is 19.3. The summed E-state index contributed by atoms with van der Waals surface area (Å²) in [5.74, 6) is -1.27. The van der Waals surface area contributed by atoms with Gasteiger partial charge in [-0.2, -0.15) is 0 Å². The number of benzene rings is 1. The summed E-state index contributed by atoms with van der Waals surface area (Å²) in [7, 11) is 0. The molecule has 0 amide bonds. The molecular weight excluding hydrogens is 372 g/mol. The van der Waals surface area contributed by atoms with Crippen LogP contribution in [0.2, 0.25) is 0 Å². The number of aromatic nitrogens is 2. The van der Waals surface area contributed by atoms with Crippen LogP contribution in [0.4, 0.5) is 0 Å². The second-order valence-corrected chi connectivity index (χ2v) is 7.30. The lowest BCUT2D eigenvalue weighted by Gasteiger charge is -2.30. The number of esters is 2. The Morgan fingerprint density at radius 1 is 1.28 bits per heavy atom. The number of cyclic esters (lactones) is 1. The summed E-state index contributed by atoms with van der Waals surface area (Å²) in [6.07, 6.45) is -1.45. The lowest BCUT2D eigenvalue weighted by Crippen LogP contribution is -2.36. The van der Waals surface area contributed by atoms with Gasteiger partial charge in [-0.1, -0.05) is 25.1 Å². The smallest absolute Gasteiger partial charge is 0.352 e. The van der Waals surface area contributed by atoms with Crippen LogP contribution in [0.5, 0.6) is 0 Å². The first-order valence-electron chi connectivity index (χ1n) is 9.52. The number of carbonyl (C=O) groups is 2. The number of rotatable bonds is 2. The highest BCUT2D eigenvalue weighted by molar-refractivity contribution is 5.85. The van der Waals surface area contributed by atoms with Crippen LogP contribution < -0.4 is 5.56 Å². The van der Waals surface area contributed by atoms with E-state index in [4.69, 9.17) is 14.5 Å². The number of hydrogen-bond donors (Lipinski definition) is 0. The van der Waals surface area contributed by atoms with Crippen molar-refractivity contribution in [3.8, 4) is 11.4 Å². The number of hydrogen-bond acceptors (Lipinski definition) is 6. The van der Waals surface area contributed by atoms with Crippen LogP contribution in [-0.4, -0.2) is 21.5 Å². The molecule has 5 rings (SSSR count). The highest BCUT2D eigenvalue weighted by Crippen LogP contribution is 2.40. The average Bonchev–Trinajstić information content (AvgIpc) is 3.06. The van der Waals surface area contributed by atoms with E-state index in [-0.39, 0.29) is 5.56 Å². The van der Waals surface area contributed by atoms with Gasteiger partial charge in [0, 0.05) is 23.4 Å². The Balaban J connectivity index is 1.77. The minimum absolute atomic E-state index is 0.240. The molecule has 0 bridgehead atoms. The van der Waals surface area contributed by atoms with E-state index in [0.29, 0.717) is 35.5 Å². The SMILES string of the molecule is CCC1OC(=O)C(OC(C)=O)c2cc3n(c(=O)c21)Cc1cc2ccccc2nc1-3. The predicted octanol–water partition coefficient (Wildman–Crippen LogP) is 3.04. The molecule has 4 heterocycles. The van der Waals surface area contributed by atoms with E-state index in [0.717, 1.165) is 16.5 Å². The average molecular weight is 390 g/mol. The molecular formula is C22H18N2O5. The van der Waals surface area contributed by atoms with Gasteiger partial charge in [-0.25, -0.2) is 9.78 Å². The lowest BCUT2D eigenvalue weighted by atomic mass is 9.94. The van der Waals surface area contributed by atoms with Gasteiger partial charge in [0.25, 0.3) is 5.56 Å². The zero-order valence-electron chi connectivity index (χ0n) is 16.0. The zero-order valence-corrected chi connectivity index (χ0v) is 16.0. The van der Waals surface area contributed by atoms with Gasteiger partial charge >= 0.3 is 11.9 Å². The Morgan fingerprint density at radius 2 is 2.07 bits per heavy atom. The first kappa shape index (κ1) is 17.6. The second kappa shape index (κ2) is 6.27. The maximum atomic E-state index is 13.4. The van der Waals surface area contributed by atoms with Crippen molar-refractivity contribution in [2.75, 3.05) is 0 Å². The Labute approximate surface area is 165 Å². The van der Waals surface area contributed by atoms with E-state index in [1.165, 1.54) is 6.92 Å². The Hall–Kier alpha value is -3.48. The Kier molecular flexibility index (Phi) is 3.81. The molecule has 7 heteroatoms. The molecule has 2 aliphatic heterocycles. The van der Waals surface area contributed by atoms with Gasteiger partial charge in [-0.3, -0.25) is 9.59 Å². The highest BCUT2D eigenvalue weighted by atomic mass is 16.6. The van der Waals surface area contributed by atoms with E-state index in [1.807, 2.05) is 37.3 Å². The molecule has 7 nitrogen and oxygen atoms in total. The standard InChI is InChI=1S/C22H18N2O5/c1-3-17-18-14(20(22(27)29-17)28-11(2)25)9-16-19-13(10-24(16)21(18)26)8-12-6-4-5-7-15(12)23-19/h4-9,17,20H,3,10H2,1-2H3. The second-order valence-electron chi connectivity index (χ2n) is 7.30. The van der Waals surface area contributed by atoms with Crippen molar-refractivity contribution in [1.29, 1.82) is 0 Å². The molecule has 2 atom stereocenters. The molecule has 0 fully saturated rings. The highest BCUT2D eigenvalue weighted by Gasteiger charge is 2.41. The number of ether oxygens (including phenoxy) is 2. The van der Waals surface area contributed by atoms with Gasteiger partial charge in [0.05, 0.1) is 29.0 Å². The number of pyridine rings is 2.